The van der Waals surface area contributed by atoms with Gasteiger partial charge in [-0.1, -0.05) is 0 Å². The molecule has 0 radical (unpaired) electrons. The molecule has 7 heteroatoms. The first-order valence-corrected chi connectivity index (χ1v) is 10.1. The van der Waals surface area contributed by atoms with E-state index in [-0.39, 0.29) is 11.1 Å². The van der Waals surface area contributed by atoms with Crippen molar-refractivity contribution in [2.75, 3.05) is 15.6 Å². The van der Waals surface area contributed by atoms with Crippen LogP contribution in [-0.2, 0) is 4.84 Å². The summed E-state index contributed by atoms with van der Waals surface area (Å²) in [6, 6.07) is 5.82. The summed E-state index contributed by atoms with van der Waals surface area (Å²) in [5.74, 6) is 5.88. The number of nitrogens with two attached hydrogens (primary N) is 2. The van der Waals surface area contributed by atoms with Gasteiger partial charge in [-0.3, -0.25) is 9.62 Å². The highest BCUT2D eigenvalue weighted by molar-refractivity contribution is 14.2. The van der Waals surface area contributed by atoms with Crippen LogP contribution in [0.2, 0.25) is 0 Å². The number of nitrogen functional groups attached to an aromatic ring is 1. The Bertz CT molecular complexity index is 495. The second-order valence-electron chi connectivity index (χ2n) is 5.65. The van der Waals surface area contributed by atoms with E-state index in [2.05, 4.69) is 49.7 Å². The SMILES string of the molecule is CC1(C)ON(c2ccc(N(N)PI)c(N)c2)C1(C)C. The maximum atomic E-state index is 6.07. The van der Waals surface area contributed by atoms with Crippen LogP contribution in [0.25, 0.3) is 0 Å². The Morgan fingerprint density at radius 1 is 1.32 bits per heavy atom. The summed E-state index contributed by atoms with van der Waals surface area (Å²) < 4.78 is 1.64. The summed E-state index contributed by atoms with van der Waals surface area (Å²) >= 11 is 2.22. The molecule has 5 nitrogen and oxygen atoms in total. The molecule has 0 spiro atoms. The molecule has 1 aromatic rings. The van der Waals surface area contributed by atoms with Gasteiger partial charge in [0, 0.05) is 0 Å². The molecule has 0 aliphatic carbocycles. The van der Waals surface area contributed by atoms with Crippen LogP contribution in [0, 0.1) is 0 Å². The Hall–Kier alpha value is -0.300. The second kappa shape index (κ2) is 4.91. The molecule has 106 valence electrons. The minimum absolute atomic E-state index is 0.0750. The van der Waals surface area contributed by atoms with Gasteiger partial charge in [0.05, 0.1) is 29.0 Å². The Morgan fingerprint density at radius 3 is 2.37 bits per heavy atom. The normalized spacial score (nSPS) is 20.6. The molecule has 1 aromatic carbocycles. The van der Waals surface area contributed by atoms with E-state index in [1.54, 1.807) is 4.78 Å². The zero-order valence-electron chi connectivity index (χ0n) is 11.6. The van der Waals surface area contributed by atoms with Crippen LogP contribution in [0.4, 0.5) is 17.1 Å². The van der Waals surface area contributed by atoms with Crippen molar-refractivity contribution in [3.63, 3.8) is 0 Å². The largest absolute Gasteiger partial charge is 0.397 e. The molecule has 1 aliphatic heterocycles. The molecule has 0 bridgehead atoms. The monoisotopic (exact) mass is 394 g/mol. The van der Waals surface area contributed by atoms with Crippen molar-refractivity contribution in [2.24, 2.45) is 5.84 Å². The summed E-state index contributed by atoms with van der Waals surface area (Å²) in [4.78, 5) is 5.84. The lowest BCUT2D eigenvalue weighted by molar-refractivity contribution is -0.208. The maximum absolute atomic E-state index is 6.07. The third-order valence-corrected chi connectivity index (χ3v) is 5.88. The van der Waals surface area contributed by atoms with E-state index in [9.17, 15) is 0 Å². The molecular weight excluding hydrogens is 374 g/mol. The molecule has 1 aliphatic rings. The van der Waals surface area contributed by atoms with Gasteiger partial charge in [-0.15, -0.1) is 0 Å². The number of hydroxylamine groups is 1. The van der Waals surface area contributed by atoms with Gasteiger partial charge in [-0.2, -0.15) is 0 Å². The van der Waals surface area contributed by atoms with Gasteiger partial charge in [0.15, 0.2) is 0 Å². The molecule has 0 saturated carbocycles. The molecule has 1 fully saturated rings. The molecule has 1 saturated heterocycles. The molecule has 0 aromatic heterocycles. The fourth-order valence-electron chi connectivity index (χ4n) is 1.97. The van der Waals surface area contributed by atoms with Crippen molar-refractivity contribution in [1.29, 1.82) is 0 Å². The van der Waals surface area contributed by atoms with Crippen LogP contribution in [0.15, 0.2) is 18.2 Å². The number of rotatable bonds is 3. The Kier molecular flexibility index (Phi) is 3.90. The van der Waals surface area contributed by atoms with Crippen molar-refractivity contribution in [2.45, 2.75) is 38.8 Å². The second-order valence-corrected chi connectivity index (χ2v) is 7.75. The highest BCUT2D eigenvalue weighted by atomic mass is 127. The maximum Gasteiger partial charge on any atom is 0.116 e. The van der Waals surface area contributed by atoms with E-state index in [1.807, 2.05) is 23.3 Å². The lowest BCUT2D eigenvalue weighted by atomic mass is 9.82. The van der Waals surface area contributed by atoms with Gasteiger partial charge in [0.25, 0.3) is 0 Å². The zero-order valence-corrected chi connectivity index (χ0v) is 14.7. The zero-order chi connectivity index (χ0) is 14.4. The summed E-state index contributed by atoms with van der Waals surface area (Å²) in [5.41, 5.74) is 8.27. The van der Waals surface area contributed by atoms with E-state index < -0.39 is 0 Å². The molecule has 1 heterocycles. The summed E-state index contributed by atoms with van der Waals surface area (Å²) in [5, 5.41) is 1.90. The summed E-state index contributed by atoms with van der Waals surface area (Å²) in [7, 11) is 0. The lowest BCUT2D eigenvalue weighted by Gasteiger charge is -2.60. The topological polar surface area (TPSA) is 67.8 Å². The number of benzene rings is 1. The van der Waals surface area contributed by atoms with Crippen molar-refractivity contribution in [3.05, 3.63) is 18.2 Å². The molecule has 4 N–H and O–H groups in total. The Morgan fingerprint density at radius 2 is 1.95 bits per heavy atom. The predicted molar refractivity (Wildman–Crippen MR) is 91.6 cm³/mol. The first kappa shape index (κ1) is 15.1. The van der Waals surface area contributed by atoms with Crippen molar-refractivity contribution < 1.29 is 4.84 Å². The quantitative estimate of drug-likeness (QED) is 0.271. The molecular formula is C12H20IN4OP. The average molecular weight is 394 g/mol. The fourth-order valence-corrected chi connectivity index (χ4v) is 3.04. The predicted octanol–water partition coefficient (Wildman–Crippen LogP) is 3.20. The van der Waals surface area contributed by atoms with Gasteiger partial charge in [0.1, 0.15) is 5.60 Å². The average Bonchev–Trinajstić information content (AvgIpc) is 2.35. The Labute approximate surface area is 128 Å². The smallest absolute Gasteiger partial charge is 0.116 e. The van der Waals surface area contributed by atoms with Gasteiger partial charge in [0.2, 0.25) is 0 Å². The summed E-state index contributed by atoms with van der Waals surface area (Å²) in [6.45, 7) is 8.48. The van der Waals surface area contributed by atoms with E-state index in [0.717, 1.165) is 11.4 Å². The van der Waals surface area contributed by atoms with Gasteiger partial charge in [-0.25, -0.2) is 10.9 Å². The van der Waals surface area contributed by atoms with Gasteiger partial charge >= 0.3 is 0 Å². The first-order valence-electron chi connectivity index (χ1n) is 6.01. The third-order valence-electron chi connectivity index (χ3n) is 3.90. The van der Waals surface area contributed by atoms with Crippen LogP contribution in [0.5, 0.6) is 0 Å². The van der Waals surface area contributed by atoms with E-state index >= 15 is 0 Å². The highest BCUT2D eigenvalue weighted by Crippen LogP contribution is 2.46. The lowest BCUT2D eigenvalue weighted by Crippen LogP contribution is -2.72. The fraction of sp³-hybridized carbons (Fsp3) is 0.500. The minimum atomic E-state index is -0.177. The number of nitrogens with zero attached hydrogens (tertiary/aromatic N) is 2. The molecule has 1 unspecified atom stereocenters. The molecule has 2 rings (SSSR count). The standard InChI is InChI=1S/C12H20IN4OP/c1-11(2)12(3,4)18-16(11)8-5-6-10(9(14)7-8)17(15)19-13/h5-7,19H,14-15H2,1-4H3. The molecule has 1 atom stereocenters. The van der Waals surface area contributed by atoms with Crippen molar-refractivity contribution >= 4 is 45.5 Å². The van der Waals surface area contributed by atoms with Gasteiger partial charge in [-0.05, 0) is 67.9 Å². The van der Waals surface area contributed by atoms with E-state index in [1.165, 1.54) is 0 Å². The third kappa shape index (κ3) is 2.39. The number of hydrogen-bond donors (Lipinski definition) is 2. The molecule has 19 heavy (non-hydrogen) atoms. The van der Waals surface area contributed by atoms with Crippen LogP contribution < -0.4 is 21.4 Å². The number of halogens is 1. The highest BCUT2D eigenvalue weighted by Gasteiger charge is 2.55. The van der Waals surface area contributed by atoms with Gasteiger partial charge < -0.3 is 5.73 Å². The van der Waals surface area contributed by atoms with E-state index in [0.29, 0.717) is 12.1 Å². The summed E-state index contributed by atoms with van der Waals surface area (Å²) in [6.07, 6.45) is 0.447. The van der Waals surface area contributed by atoms with Crippen molar-refractivity contribution in [3.8, 4) is 0 Å². The van der Waals surface area contributed by atoms with Crippen LogP contribution in [-0.4, -0.2) is 11.1 Å². The minimum Gasteiger partial charge on any atom is -0.397 e. The first-order chi connectivity index (χ1) is 8.70. The van der Waals surface area contributed by atoms with Crippen LogP contribution >= 0.6 is 28.4 Å². The van der Waals surface area contributed by atoms with Crippen LogP contribution in [0.3, 0.4) is 0 Å². The Balaban J connectivity index is 2.28. The number of hydrazine groups is 1. The van der Waals surface area contributed by atoms with E-state index in [4.69, 9.17) is 16.4 Å². The molecule has 0 amide bonds. The van der Waals surface area contributed by atoms with Crippen LogP contribution in [0.1, 0.15) is 27.7 Å². The number of hydrogen-bond acceptors (Lipinski definition) is 5. The van der Waals surface area contributed by atoms with Crippen molar-refractivity contribution in [1.82, 2.24) is 0 Å². The number of anilines is 3.